The number of hydrogen-bond acceptors (Lipinski definition) is 3. The number of carbonyl (C=O) groups is 1. The Kier molecular flexibility index (Phi) is 5.79. The minimum atomic E-state index is -0.920. The third kappa shape index (κ3) is 3.94. The maximum absolute atomic E-state index is 13.8. The molecule has 0 aromatic heterocycles. The molecule has 2 aromatic carbocycles. The summed E-state index contributed by atoms with van der Waals surface area (Å²) < 4.78 is 41.4. The minimum absolute atomic E-state index is 0.151. The van der Waals surface area contributed by atoms with Crippen LogP contribution in [0.5, 0.6) is 0 Å². The normalized spacial score (nSPS) is 18.3. The number of nitrogens with zero attached hydrogens (tertiary/aromatic N) is 2. The van der Waals surface area contributed by atoms with Crippen molar-refractivity contribution in [3.63, 3.8) is 0 Å². The molecule has 0 radical (unpaired) electrons. The molecule has 160 valence electrons. The lowest BCUT2D eigenvalue weighted by atomic mass is 9.90. The number of hydrogen-bond donors (Lipinski definition) is 1. The van der Waals surface area contributed by atoms with Crippen molar-refractivity contribution in [2.45, 2.75) is 24.9 Å². The molecule has 1 saturated heterocycles. The van der Waals surface area contributed by atoms with Crippen molar-refractivity contribution < 1.29 is 18.0 Å². The second-order valence-electron chi connectivity index (χ2n) is 8.10. The zero-order valence-electron chi connectivity index (χ0n) is 16.7. The lowest BCUT2D eigenvalue weighted by Crippen LogP contribution is -2.63. The molecule has 1 amide bonds. The molecule has 30 heavy (non-hydrogen) atoms. The van der Waals surface area contributed by atoms with E-state index < -0.39 is 23.0 Å². The minimum Gasteiger partial charge on any atom is -0.340 e. The third-order valence-corrected chi connectivity index (χ3v) is 6.24. The van der Waals surface area contributed by atoms with E-state index in [0.717, 1.165) is 13.1 Å². The van der Waals surface area contributed by atoms with Gasteiger partial charge in [0, 0.05) is 57.6 Å². The number of piperazine rings is 1. The van der Waals surface area contributed by atoms with Gasteiger partial charge in [0.15, 0.2) is 11.6 Å². The van der Waals surface area contributed by atoms with Crippen LogP contribution in [0.25, 0.3) is 0 Å². The summed E-state index contributed by atoms with van der Waals surface area (Å²) in [5, 5.41) is 3.54. The van der Waals surface area contributed by atoms with Gasteiger partial charge in [0.25, 0.3) is 0 Å². The molecule has 1 aliphatic heterocycles. The summed E-state index contributed by atoms with van der Waals surface area (Å²) in [5.41, 5.74) is 0.973. The fourth-order valence-electron chi connectivity index (χ4n) is 4.66. The van der Waals surface area contributed by atoms with E-state index in [1.54, 1.807) is 18.0 Å². The Labute approximate surface area is 178 Å². The van der Waals surface area contributed by atoms with Gasteiger partial charge in [-0.2, -0.15) is 0 Å². The van der Waals surface area contributed by atoms with Crippen LogP contribution in [-0.4, -0.2) is 54.5 Å². The van der Waals surface area contributed by atoms with Crippen LogP contribution in [0, 0.1) is 17.5 Å². The molecule has 0 unspecified atom stereocenters. The van der Waals surface area contributed by atoms with Crippen LogP contribution < -0.4 is 5.32 Å². The summed E-state index contributed by atoms with van der Waals surface area (Å²) in [5.74, 6) is -2.42. The van der Waals surface area contributed by atoms with E-state index in [1.165, 1.54) is 24.3 Å². The Morgan fingerprint density at radius 1 is 1.07 bits per heavy atom. The molecule has 1 fully saturated rings. The zero-order chi connectivity index (χ0) is 21.5. The van der Waals surface area contributed by atoms with Crippen LogP contribution in [0.15, 0.2) is 30.3 Å². The fraction of sp³-hybridized carbons (Fsp3) is 0.409. The number of nitrogens with one attached hydrogen (secondary N) is 1. The van der Waals surface area contributed by atoms with Gasteiger partial charge in [-0.25, -0.2) is 13.2 Å². The molecule has 0 bridgehead atoms. The molecule has 2 aliphatic rings. The molecule has 1 heterocycles. The number of fused-ring (bicyclic) bond motifs is 1. The topological polar surface area (TPSA) is 35.6 Å². The van der Waals surface area contributed by atoms with Gasteiger partial charge in [0.05, 0.1) is 0 Å². The molecular weight excluding hydrogens is 415 g/mol. The fourth-order valence-corrected chi connectivity index (χ4v) is 4.90. The van der Waals surface area contributed by atoms with Crippen molar-refractivity contribution in [2.24, 2.45) is 0 Å². The first-order chi connectivity index (χ1) is 14.3. The Hall–Kier alpha value is -2.09. The second kappa shape index (κ2) is 8.21. The number of rotatable bonds is 4. The van der Waals surface area contributed by atoms with E-state index in [2.05, 4.69) is 10.2 Å². The van der Waals surface area contributed by atoms with Gasteiger partial charge in [0.1, 0.15) is 11.4 Å². The molecule has 4 nitrogen and oxygen atoms in total. The van der Waals surface area contributed by atoms with Crippen molar-refractivity contribution in [3.8, 4) is 0 Å². The predicted octanol–water partition coefficient (Wildman–Crippen LogP) is 3.16. The molecule has 1 N–H and O–H groups in total. The highest BCUT2D eigenvalue weighted by Gasteiger charge is 2.50. The molecule has 4 rings (SSSR count). The second-order valence-corrected chi connectivity index (χ2v) is 8.53. The molecule has 2 aromatic rings. The molecule has 0 saturated carbocycles. The molecule has 0 atom stereocenters. The van der Waals surface area contributed by atoms with Crippen LogP contribution in [-0.2, 0) is 24.2 Å². The zero-order valence-corrected chi connectivity index (χ0v) is 17.4. The highest BCUT2D eigenvalue weighted by atomic mass is 35.5. The highest BCUT2D eigenvalue weighted by Crippen LogP contribution is 2.37. The van der Waals surface area contributed by atoms with Crippen molar-refractivity contribution in [2.75, 3.05) is 33.2 Å². The third-order valence-electron chi connectivity index (χ3n) is 6.02. The van der Waals surface area contributed by atoms with Gasteiger partial charge in [-0.05, 0) is 47.0 Å². The molecule has 0 spiro atoms. The first-order valence-electron chi connectivity index (χ1n) is 9.91. The van der Waals surface area contributed by atoms with E-state index in [-0.39, 0.29) is 17.5 Å². The highest BCUT2D eigenvalue weighted by molar-refractivity contribution is 6.30. The van der Waals surface area contributed by atoms with Gasteiger partial charge in [-0.15, -0.1) is 0 Å². The van der Waals surface area contributed by atoms with Crippen LogP contribution in [0.3, 0.4) is 0 Å². The van der Waals surface area contributed by atoms with Gasteiger partial charge in [-0.3, -0.25) is 9.69 Å². The van der Waals surface area contributed by atoms with Crippen LogP contribution in [0.2, 0.25) is 5.02 Å². The Morgan fingerprint density at radius 2 is 1.67 bits per heavy atom. The van der Waals surface area contributed by atoms with Crippen LogP contribution >= 0.6 is 11.6 Å². The van der Waals surface area contributed by atoms with Gasteiger partial charge >= 0.3 is 0 Å². The van der Waals surface area contributed by atoms with Crippen LogP contribution in [0.4, 0.5) is 13.2 Å². The average Bonchev–Trinajstić information content (AvgIpc) is 3.07. The predicted molar refractivity (Wildman–Crippen MR) is 109 cm³/mol. The Balaban J connectivity index is 1.65. The lowest BCUT2D eigenvalue weighted by molar-refractivity contribution is -0.144. The molecule has 8 heteroatoms. The summed E-state index contributed by atoms with van der Waals surface area (Å²) in [4.78, 5) is 17.4. The first-order valence-corrected chi connectivity index (χ1v) is 10.3. The molecule has 1 aliphatic carbocycles. The number of likely N-dealkylation sites (N-methyl/N-ethyl adjacent to an activating group) is 1. The Morgan fingerprint density at radius 3 is 2.23 bits per heavy atom. The summed E-state index contributed by atoms with van der Waals surface area (Å²) in [6, 6.07) is 6.59. The summed E-state index contributed by atoms with van der Waals surface area (Å²) in [6.45, 7) is 2.96. The van der Waals surface area contributed by atoms with Gasteiger partial charge in [0.2, 0.25) is 5.91 Å². The van der Waals surface area contributed by atoms with Crippen molar-refractivity contribution >= 4 is 17.5 Å². The number of amides is 1. The first kappa shape index (κ1) is 21.2. The van der Waals surface area contributed by atoms with E-state index >= 15 is 0 Å². The van der Waals surface area contributed by atoms with E-state index in [1.807, 2.05) is 0 Å². The van der Waals surface area contributed by atoms with Crippen LogP contribution in [0.1, 0.15) is 16.7 Å². The monoisotopic (exact) mass is 437 g/mol. The number of benzene rings is 2. The summed E-state index contributed by atoms with van der Waals surface area (Å²) >= 11 is 5.95. The van der Waals surface area contributed by atoms with Crippen molar-refractivity contribution in [1.29, 1.82) is 0 Å². The number of carbonyl (C=O) groups excluding carboxylic acids is 1. The maximum Gasteiger partial charge on any atom is 0.243 e. The SMILES string of the molecule is CN(Cc1cc(F)cc(Cl)c1)C(=O)C1(N2CCNCC2)Cc2cc(F)c(F)cc2C1. The summed E-state index contributed by atoms with van der Waals surface area (Å²) in [7, 11) is 1.66. The van der Waals surface area contributed by atoms with E-state index in [4.69, 9.17) is 11.6 Å². The lowest BCUT2D eigenvalue weighted by Gasteiger charge is -2.44. The van der Waals surface area contributed by atoms with Gasteiger partial charge in [-0.1, -0.05) is 11.6 Å². The number of halogens is 4. The largest absolute Gasteiger partial charge is 0.340 e. The average molecular weight is 438 g/mol. The maximum atomic E-state index is 13.8. The quantitative estimate of drug-likeness (QED) is 0.798. The van der Waals surface area contributed by atoms with Gasteiger partial charge < -0.3 is 10.2 Å². The van der Waals surface area contributed by atoms with E-state index in [9.17, 15) is 18.0 Å². The van der Waals surface area contributed by atoms with E-state index in [0.29, 0.717) is 42.6 Å². The summed E-state index contributed by atoms with van der Waals surface area (Å²) in [6.07, 6.45) is 0.624. The standard InChI is InChI=1S/C22H23ClF3N3O/c1-28(13-14-6-17(23)10-18(24)7-14)21(30)22(29-4-2-27-3-5-29)11-15-8-19(25)20(26)9-16(15)12-22/h6-10,27H,2-5,11-13H2,1H3. The van der Waals surface area contributed by atoms with Crippen molar-refractivity contribution in [3.05, 3.63) is 69.5 Å². The Bertz CT molecular complexity index is 927. The molecular formula is C22H23ClF3N3O. The van der Waals surface area contributed by atoms with Crippen molar-refractivity contribution in [1.82, 2.24) is 15.1 Å². The smallest absolute Gasteiger partial charge is 0.243 e.